The van der Waals surface area contributed by atoms with Gasteiger partial charge in [0.05, 0.1) is 4.90 Å². The molecule has 7 heteroatoms. The fraction of sp³-hybridized carbons (Fsp3) is 0.316. The highest BCUT2D eigenvalue weighted by Crippen LogP contribution is 2.22. The number of amides is 2. The minimum Gasteiger partial charge on any atom is -0.308 e. The van der Waals surface area contributed by atoms with Gasteiger partial charge in [0.25, 0.3) is 0 Å². The number of nitrogens with one attached hydrogen (secondary N) is 2. The second-order valence-corrected chi connectivity index (χ2v) is 8.23. The highest BCUT2D eigenvalue weighted by atomic mass is 32.2. The largest absolute Gasteiger partial charge is 0.323 e. The molecule has 0 bridgehead atoms. The highest BCUT2D eigenvalue weighted by molar-refractivity contribution is 7.89. The Morgan fingerprint density at radius 2 is 1.31 bits per heavy atom. The summed E-state index contributed by atoms with van der Waals surface area (Å²) >= 11 is 0. The summed E-state index contributed by atoms with van der Waals surface area (Å²) in [6, 6.07) is 15.0. The van der Waals surface area contributed by atoms with Crippen LogP contribution < -0.4 is 10.6 Å². The van der Waals surface area contributed by atoms with Crippen molar-refractivity contribution in [1.82, 2.24) is 4.31 Å². The van der Waals surface area contributed by atoms with Crippen molar-refractivity contribution in [3.8, 4) is 0 Å². The Labute approximate surface area is 154 Å². The summed E-state index contributed by atoms with van der Waals surface area (Å²) in [5.41, 5.74) is 1.22. The molecule has 0 aromatic heterocycles. The molecule has 3 rings (SSSR count). The maximum atomic E-state index is 12.7. The molecule has 0 spiro atoms. The van der Waals surface area contributed by atoms with E-state index in [1.807, 2.05) is 18.2 Å². The summed E-state index contributed by atoms with van der Waals surface area (Å²) in [6.07, 6.45) is 3.95. The smallest absolute Gasteiger partial charge is 0.308 e. The van der Waals surface area contributed by atoms with Gasteiger partial charge >= 0.3 is 6.03 Å². The molecule has 0 atom stereocenters. The molecule has 1 saturated heterocycles. The summed E-state index contributed by atoms with van der Waals surface area (Å²) in [4.78, 5) is 12.3. The van der Waals surface area contributed by atoms with E-state index in [2.05, 4.69) is 10.6 Å². The standard InChI is InChI=1S/C19H23N3O3S/c23-19(20-16-8-4-3-5-9-16)21-17-10-12-18(13-11-17)26(24,25)22-14-6-1-2-7-15-22/h3-5,8-13H,1-2,6-7,14-15H2,(H2,20,21,23). The number of benzene rings is 2. The van der Waals surface area contributed by atoms with E-state index in [1.165, 1.54) is 0 Å². The molecule has 1 aliphatic rings. The molecule has 26 heavy (non-hydrogen) atoms. The van der Waals surface area contributed by atoms with Crippen LogP contribution in [0.25, 0.3) is 0 Å². The molecule has 6 nitrogen and oxygen atoms in total. The van der Waals surface area contributed by atoms with Gasteiger partial charge in [-0.3, -0.25) is 0 Å². The lowest BCUT2D eigenvalue weighted by molar-refractivity contribution is 0.262. The van der Waals surface area contributed by atoms with E-state index >= 15 is 0 Å². The fourth-order valence-electron chi connectivity index (χ4n) is 2.96. The van der Waals surface area contributed by atoms with Crippen molar-refractivity contribution >= 4 is 27.4 Å². The van der Waals surface area contributed by atoms with Crippen LogP contribution in [0.1, 0.15) is 25.7 Å². The van der Waals surface area contributed by atoms with Crippen LogP contribution in [-0.2, 0) is 10.0 Å². The first-order valence-electron chi connectivity index (χ1n) is 8.79. The van der Waals surface area contributed by atoms with Gasteiger partial charge in [0.15, 0.2) is 0 Å². The quantitative estimate of drug-likeness (QED) is 0.853. The van der Waals surface area contributed by atoms with Crippen LogP contribution in [0.15, 0.2) is 59.5 Å². The number of hydrogen-bond acceptors (Lipinski definition) is 3. The average molecular weight is 373 g/mol. The number of nitrogens with zero attached hydrogens (tertiary/aromatic N) is 1. The van der Waals surface area contributed by atoms with Crippen LogP contribution in [0.3, 0.4) is 0 Å². The summed E-state index contributed by atoms with van der Waals surface area (Å²) in [7, 11) is -3.47. The summed E-state index contributed by atoms with van der Waals surface area (Å²) in [5.74, 6) is 0. The lowest BCUT2D eigenvalue weighted by Gasteiger charge is -2.20. The van der Waals surface area contributed by atoms with Crippen molar-refractivity contribution in [2.24, 2.45) is 0 Å². The molecule has 0 aliphatic carbocycles. The second kappa shape index (κ2) is 8.33. The van der Waals surface area contributed by atoms with Crippen molar-refractivity contribution in [1.29, 1.82) is 0 Å². The Morgan fingerprint density at radius 1 is 0.769 bits per heavy atom. The molecule has 2 N–H and O–H groups in total. The first-order valence-corrected chi connectivity index (χ1v) is 10.2. The number of para-hydroxylation sites is 1. The molecule has 0 unspecified atom stereocenters. The molecule has 2 aromatic carbocycles. The van der Waals surface area contributed by atoms with Gasteiger partial charge in [-0.25, -0.2) is 13.2 Å². The normalized spacial score (nSPS) is 15.8. The topological polar surface area (TPSA) is 78.5 Å². The molecule has 1 fully saturated rings. The fourth-order valence-corrected chi connectivity index (χ4v) is 4.47. The van der Waals surface area contributed by atoms with Gasteiger partial charge in [0.2, 0.25) is 10.0 Å². The minimum absolute atomic E-state index is 0.258. The predicted octanol–water partition coefficient (Wildman–Crippen LogP) is 3.90. The number of sulfonamides is 1. The van der Waals surface area contributed by atoms with Crippen LogP contribution in [0.5, 0.6) is 0 Å². The van der Waals surface area contributed by atoms with Crippen molar-refractivity contribution in [3.05, 3.63) is 54.6 Å². The van der Waals surface area contributed by atoms with E-state index in [0.29, 0.717) is 24.5 Å². The van der Waals surface area contributed by atoms with Crippen LogP contribution in [0.2, 0.25) is 0 Å². The maximum Gasteiger partial charge on any atom is 0.323 e. The minimum atomic E-state index is -3.47. The van der Waals surface area contributed by atoms with Gasteiger partial charge < -0.3 is 10.6 Å². The molecule has 2 amide bonds. The van der Waals surface area contributed by atoms with Gasteiger partial charge in [-0.05, 0) is 49.2 Å². The van der Waals surface area contributed by atoms with Gasteiger partial charge in [-0.15, -0.1) is 0 Å². The van der Waals surface area contributed by atoms with Crippen molar-refractivity contribution < 1.29 is 13.2 Å². The molecular formula is C19H23N3O3S. The number of carbonyl (C=O) groups is 1. The molecule has 2 aromatic rings. The third kappa shape index (κ3) is 4.62. The van der Waals surface area contributed by atoms with E-state index in [4.69, 9.17) is 0 Å². The van der Waals surface area contributed by atoms with Crippen LogP contribution in [0, 0.1) is 0 Å². The molecule has 0 saturated carbocycles. The zero-order chi connectivity index (χ0) is 18.4. The summed E-state index contributed by atoms with van der Waals surface area (Å²) in [5, 5.41) is 5.42. The van der Waals surface area contributed by atoms with E-state index in [9.17, 15) is 13.2 Å². The zero-order valence-corrected chi connectivity index (χ0v) is 15.3. The lowest BCUT2D eigenvalue weighted by atomic mass is 10.2. The Balaban J connectivity index is 1.65. The van der Waals surface area contributed by atoms with E-state index < -0.39 is 10.0 Å². The van der Waals surface area contributed by atoms with Gasteiger partial charge in [0.1, 0.15) is 0 Å². The van der Waals surface area contributed by atoms with Gasteiger partial charge in [-0.1, -0.05) is 31.0 Å². The van der Waals surface area contributed by atoms with Gasteiger partial charge in [-0.2, -0.15) is 4.31 Å². The first kappa shape index (κ1) is 18.4. The SMILES string of the molecule is O=C(Nc1ccccc1)Nc1ccc(S(=O)(=O)N2CCCCCC2)cc1. The third-order valence-electron chi connectivity index (χ3n) is 4.35. The lowest BCUT2D eigenvalue weighted by Crippen LogP contribution is -2.31. The van der Waals surface area contributed by atoms with E-state index in [1.54, 1.807) is 40.7 Å². The monoisotopic (exact) mass is 373 g/mol. The van der Waals surface area contributed by atoms with Crippen LogP contribution in [0.4, 0.5) is 16.2 Å². The first-order chi connectivity index (χ1) is 12.6. The Bertz CT molecular complexity index is 828. The summed E-state index contributed by atoms with van der Waals surface area (Å²) in [6.45, 7) is 1.14. The number of rotatable bonds is 4. The number of urea groups is 1. The Kier molecular flexibility index (Phi) is 5.90. The van der Waals surface area contributed by atoms with Crippen LogP contribution >= 0.6 is 0 Å². The number of anilines is 2. The molecular weight excluding hydrogens is 350 g/mol. The molecule has 0 radical (unpaired) electrons. The number of carbonyl (C=O) groups excluding carboxylic acids is 1. The Hall–Kier alpha value is -2.38. The van der Waals surface area contributed by atoms with Crippen molar-refractivity contribution in [3.63, 3.8) is 0 Å². The molecule has 138 valence electrons. The summed E-state index contributed by atoms with van der Waals surface area (Å²) < 4.78 is 27.0. The van der Waals surface area contributed by atoms with Crippen LogP contribution in [-0.4, -0.2) is 31.8 Å². The van der Waals surface area contributed by atoms with Crippen molar-refractivity contribution in [2.75, 3.05) is 23.7 Å². The molecule has 1 aliphatic heterocycles. The number of hydrogen-bond donors (Lipinski definition) is 2. The van der Waals surface area contributed by atoms with E-state index in [0.717, 1.165) is 25.7 Å². The molecule has 1 heterocycles. The highest BCUT2D eigenvalue weighted by Gasteiger charge is 2.24. The van der Waals surface area contributed by atoms with Gasteiger partial charge in [0, 0.05) is 24.5 Å². The second-order valence-electron chi connectivity index (χ2n) is 6.29. The Morgan fingerprint density at radius 3 is 1.88 bits per heavy atom. The average Bonchev–Trinajstić information content (AvgIpc) is 2.93. The van der Waals surface area contributed by atoms with Crippen molar-refractivity contribution in [2.45, 2.75) is 30.6 Å². The third-order valence-corrected chi connectivity index (χ3v) is 6.26. The predicted molar refractivity (Wildman–Crippen MR) is 103 cm³/mol. The van der Waals surface area contributed by atoms with E-state index in [-0.39, 0.29) is 10.9 Å². The zero-order valence-electron chi connectivity index (χ0n) is 14.5. The maximum absolute atomic E-state index is 12.7.